The number of piperidine rings is 1. The van der Waals surface area contributed by atoms with Crippen LogP contribution in [0.2, 0.25) is 0 Å². The summed E-state index contributed by atoms with van der Waals surface area (Å²) >= 11 is 0. The molecule has 0 unspecified atom stereocenters. The lowest BCUT2D eigenvalue weighted by Gasteiger charge is -2.43. The fourth-order valence-electron chi connectivity index (χ4n) is 8.00. The van der Waals surface area contributed by atoms with E-state index in [0.29, 0.717) is 11.1 Å². The molecular formula is C47H66N8O12. The van der Waals surface area contributed by atoms with Crippen LogP contribution >= 0.6 is 0 Å². The molecule has 2 aliphatic rings. The predicted octanol–water partition coefficient (Wildman–Crippen LogP) is 0.0607. The van der Waals surface area contributed by atoms with Gasteiger partial charge in [-0.25, -0.2) is 4.79 Å². The molecule has 0 spiro atoms. The number of aromatic hydroxyl groups is 1. The van der Waals surface area contributed by atoms with Gasteiger partial charge in [0.2, 0.25) is 47.3 Å². The highest BCUT2D eigenvalue weighted by molar-refractivity contribution is 5.98. The fourth-order valence-corrected chi connectivity index (χ4v) is 8.00. The van der Waals surface area contributed by atoms with Crippen LogP contribution in [-0.4, -0.2) is 135 Å². The molecule has 20 heteroatoms. The highest BCUT2D eigenvalue weighted by Gasteiger charge is 2.46. The van der Waals surface area contributed by atoms with Crippen LogP contribution in [0.15, 0.2) is 54.6 Å². The van der Waals surface area contributed by atoms with E-state index in [-0.39, 0.29) is 63.0 Å². The van der Waals surface area contributed by atoms with Gasteiger partial charge in [0.1, 0.15) is 60.4 Å². The van der Waals surface area contributed by atoms with Gasteiger partial charge in [-0.2, -0.15) is 0 Å². The van der Waals surface area contributed by atoms with Crippen molar-refractivity contribution >= 4 is 53.2 Å². The number of carbonyl (C=O) groups is 9. The number of aliphatic hydroxyl groups is 1. The number of benzene rings is 2. The molecule has 2 aromatic rings. The normalized spacial score (nSPS) is 25.2. The first-order valence-corrected chi connectivity index (χ1v) is 22.7. The van der Waals surface area contributed by atoms with Crippen molar-refractivity contribution in [2.24, 2.45) is 17.6 Å². The fraction of sp³-hybridized carbons (Fsp3) is 0.553. The zero-order valence-corrected chi connectivity index (χ0v) is 39.2. The van der Waals surface area contributed by atoms with E-state index in [1.54, 1.807) is 77.1 Å². The number of primary amides is 1. The zero-order valence-electron chi connectivity index (χ0n) is 39.2. The van der Waals surface area contributed by atoms with E-state index < -0.39 is 114 Å². The van der Waals surface area contributed by atoms with Gasteiger partial charge in [-0.05, 0) is 67.7 Å². The summed E-state index contributed by atoms with van der Waals surface area (Å²) in [5, 5.41) is 34.6. The monoisotopic (exact) mass is 934 g/mol. The molecule has 2 saturated heterocycles. The van der Waals surface area contributed by atoms with Gasteiger partial charge in [-0.15, -0.1) is 0 Å². The van der Waals surface area contributed by atoms with Crippen molar-refractivity contribution in [2.75, 3.05) is 7.05 Å². The number of nitrogens with two attached hydrogens (primary N) is 1. The third kappa shape index (κ3) is 14.7. The molecular weight excluding hydrogens is 869 g/mol. The second-order valence-corrected chi connectivity index (χ2v) is 17.9. The van der Waals surface area contributed by atoms with Crippen molar-refractivity contribution in [1.29, 1.82) is 0 Å². The molecule has 2 fully saturated rings. The molecule has 8 amide bonds. The molecule has 366 valence electrons. The summed E-state index contributed by atoms with van der Waals surface area (Å²) in [6.45, 7) is 9.65. The largest absolute Gasteiger partial charge is 0.508 e. The van der Waals surface area contributed by atoms with Gasteiger partial charge in [0.15, 0.2) is 0 Å². The molecule has 0 aliphatic carbocycles. The van der Waals surface area contributed by atoms with E-state index in [4.69, 9.17) is 10.5 Å². The lowest BCUT2D eigenvalue weighted by atomic mass is 9.95. The number of phenols is 1. The van der Waals surface area contributed by atoms with Crippen molar-refractivity contribution in [3.63, 3.8) is 0 Å². The van der Waals surface area contributed by atoms with Crippen molar-refractivity contribution in [1.82, 2.24) is 36.4 Å². The summed E-state index contributed by atoms with van der Waals surface area (Å²) in [5.74, 6) is -8.39. The molecule has 9 N–H and O–H groups in total. The number of likely N-dealkylation sites (N-methyl/N-ethyl adjacent to an activating group) is 1. The Morgan fingerprint density at radius 2 is 1.46 bits per heavy atom. The van der Waals surface area contributed by atoms with Crippen LogP contribution in [0, 0.1) is 11.8 Å². The van der Waals surface area contributed by atoms with Crippen LogP contribution in [0.4, 0.5) is 0 Å². The first kappa shape index (κ1) is 53.0. The minimum atomic E-state index is -1.74. The third-order valence-corrected chi connectivity index (χ3v) is 11.8. The van der Waals surface area contributed by atoms with Crippen LogP contribution in [0.5, 0.6) is 5.75 Å². The minimum absolute atomic E-state index is 0.0250. The van der Waals surface area contributed by atoms with E-state index in [1.807, 2.05) is 0 Å². The number of ether oxygens (including phenoxy) is 1. The molecule has 0 radical (unpaired) electrons. The van der Waals surface area contributed by atoms with Crippen LogP contribution in [0.25, 0.3) is 0 Å². The third-order valence-electron chi connectivity index (χ3n) is 11.8. The van der Waals surface area contributed by atoms with Gasteiger partial charge >= 0.3 is 5.97 Å². The maximum absolute atomic E-state index is 15.0. The SMILES string of the molecule is CCC(=O)N[C@@H](CCC(N)=O)C(=O)N[C@@H]1C(=O)N[C@@H](CC(C)C)C(=O)N[C@H]2CC[C@@H](O)N(C2=O)[C@@H](Cc2ccccc2)C(=O)N(C)[C@@H](Cc2ccc(O)cc2)C(=O)N[C@@H](C(C)C)C(=O)O[C@@H]1C. The van der Waals surface area contributed by atoms with Crippen molar-refractivity contribution in [3.05, 3.63) is 65.7 Å². The Balaban J connectivity index is 1.88. The Labute approximate surface area is 390 Å². The maximum atomic E-state index is 15.0. The van der Waals surface area contributed by atoms with Crippen LogP contribution in [0.3, 0.4) is 0 Å². The summed E-state index contributed by atoms with van der Waals surface area (Å²) in [7, 11) is 1.36. The van der Waals surface area contributed by atoms with E-state index in [0.717, 1.165) is 9.80 Å². The smallest absolute Gasteiger partial charge is 0.329 e. The van der Waals surface area contributed by atoms with Gasteiger partial charge < -0.3 is 57.1 Å². The van der Waals surface area contributed by atoms with Crippen LogP contribution in [0.1, 0.15) is 91.2 Å². The highest BCUT2D eigenvalue weighted by atomic mass is 16.5. The Morgan fingerprint density at radius 1 is 0.836 bits per heavy atom. The number of aliphatic hydroxyl groups excluding tert-OH is 1. The first-order valence-electron chi connectivity index (χ1n) is 22.7. The molecule has 9 atom stereocenters. The number of phenolic OH excluding ortho intramolecular Hbond substituents is 1. The quantitative estimate of drug-likeness (QED) is 0.117. The van der Waals surface area contributed by atoms with E-state index >= 15 is 0 Å². The van der Waals surface area contributed by atoms with Gasteiger partial charge in [0.25, 0.3) is 0 Å². The summed E-state index contributed by atoms with van der Waals surface area (Å²) in [5.41, 5.74) is 6.47. The number of carbonyl (C=O) groups excluding carboxylic acids is 9. The standard InChI is InChI=1S/C47H66N8O12/c1-8-37(58)49-31(18-20-36(48)57)41(60)53-40-27(6)67-47(66)39(26(4)5)52-43(62)34(23-29-14-16-30(56)17-15-29)54(7)46(65)35(24-28-12-10-9-11-13-28)55-38(59)21-19-32(45(55)64)50-42(61)33(22-25(2)3)51-44(40)63/h9-17,25-27,31-35,38-40,56,59H,8,18-24H2,1-7H3,(H2,48,57)(H,49,58)(H,50,61)(H,51,63)(H,52,62)(H,53,60)/t27-,31+,32+,33+,34+,35+,38-,39+,40+/m1/s1. The van der Waals surface area contributed by atoms with Crippen molar-refractivity contribution in [3.8, 4) is 5.75 Å². The Kier molecular flexibility index (Phi) is 19.2. The average Bonchev–Trinajstić information content (AvgIpc) is 3.27. The molecule has 4 rings (SSSR count). The van der Waals surface area contributed by atoms with Crippen molar-refractivity contribution in [2.45, 2.75) is 148 Å². The van der Waals surface area contributed by atoms with Gasteiger partial charge in [0, 0.05) is 32.7 Å². The Hall–Kier alpha value is -6.57. The summed E-state index contributed by atoms with van der Waals surface area (Å²) < 4.78 is 5.85. The molecule has 20 nitrogen and oxygen atoms in total. The molecule has 2 aliphatic heterocycles. The summed E-state index contributed by atoms with van der Waals surface area (Å²) in [6.07, 6.45) is -3.92. The Bertz CT molecular complexity index is 2100. The topological polar surface area (TPSA) is 296 Å². The lowest BCUT2D eigenvalue weighted by molar-refractivity contribution is -0.165. The zero-order chi connectivity index (χ0) is 49.7. The summed E-state index contributed by atoms with van der Waals surface area (Å²) in [4.78, 5) is 127. The lowest BCUT2D eigenvalue weighted by Crippen LogP contribution is -2.65. The number of hydrogen-bond donors (Lipinski definition) is 8. The molecule has 2 aromatic carbocycles. The second kappa shape index (κ2) is 24.3. The summed E-state index contributed by atoms with van der Waals surface area (Å²) in [6, 6.07) is 4.69. The number of fused-ring (bicyclic) bond motifs is 2. The van der Waals surface area contributed by atoms with E-state index in [2.05, 4.69) is 26.6 Å². The number of nitrogens with one attached hydrogen (secondary N) is 5. The minimum Gasteiger partial charge on any atom is -0.508 e. The van der Waals surface area contributed by atoms with E-state index in [1.165, 1.54) is 26.1 Å². The number of cyclic esters (lactones) is 1. The second-order valence-electron chi connectivity index (χ2n) is 17.9. The van der Waals surface area contributed by atoms with E-state index in [9.17, 15) is 53.4 Å². The molecule has 2 heterocycles. The Morgan fingerprint density at radius 3 is 2.06 bits per heavy atom. The number of rotatable bonds is 14. The molecule has 2 bridgehead atoms. The number of esters is 1. The molecule has 0 aromatic heterocycles. The maximum Gasteiger partial charge on any atom is 0.329 e. The van der Waals surface area contributed by atoms with Gasteiger partial charge in [-0.1, -0.05) is 77.1 Å². The van der Waals surface area contributed by atoms with Crippen LogP contribution in [-0.2, 0) is 60.7 Å². The highest BCUT2D eigenvalue weighted by Crippen LogP contribution is 2.26. The number of hydrogen-bond acceptors (Lipinski definition) is 12. The molecule has 67 heavy (non-hydrogen) atoms. The molecule has 0 saturated carbocycles. The average molecular weight is 935 g/mol. The number of amides is 8. The van der Waals surface area contributed by atoms with Gasteiger partial charge in [0.05, 0.1) is 0 Å². The van der Waals surface area contributed by atoms with Crippen molar-refractivity contribution < 1.29 is 58.1 Å². The van der Waals surface area contributed by atoms with Gasteiger partial charge in [-0.3, -0.25) is 38.4 Å². The number of nitrogens with zero attached hydrogens (tertiary/aromatic N) is 2. The van der Waals surface area contributed by atoms with Crippen LogP contribution < -0.4 is 32.3 Å². The predicted molar refractivity (Wildman–Crippen MR) is 243 cm³/mol. The first-order chi connectivity index (χ1) is 31.6.